The van der Waals surface area contributed by atoms with Gasteiger partial charge in [-0.1, -0.05) is 18.2 Å². The maximum atomic E-state index is 12.4. The largest absolute Gasteiger partial charge is 0.508 e. The van der Waals surface area contributed by atoms with Gasteiger partial charge >= 0.3 is 12.6 Å². The minimum absolute atomic E-state index is 0.100. The van der Waals surface area contributed by atoms with Gasteiger partial charge in [-0.25, -0.2) is 4.79 Å². The lowest BCUT2D eigenvalue weighted by molar-refractivity contribution is -0.0512. The topological polar surface area (TPSA) is 79.8 Å². The molecule has 0 aliphatic carbocycles. The van der Waals surface area contributed by atoms with Crippen molar-refractivity contribution in [1.29, 1.82) is 0 Å². The van der Waals surface area contributed by atoms with Gasteiger partial charge in [0.2, 0.25) is 0 Å². The molecule has 2 rings (SSSR count). The van der Waals surface area contributed by atoms with E-state index in [0.29, 0.717) is 5.56 Å². The van der Waals surface area contributed by atoms with Gasteiger partial charge in [-0.05, 0) is 35.4 Å². The van der Waals surface area contributed by atoms with Gasteiger partial charge in [0.05, 0.1) is 7.11 Å². The summed E-state index contributed by atoms with van der Waals surface area (Å²) >= 11 is 0. The Hall–Kier alpha value is -3.03. The first kappa shape index (κ1) is 18.3. The van der Waals surface area contributed by atoms with Gasteiger partial charge in [-0.2, -0.15) is 8.78 Å². The summed E-state index contributed by atoms with van der Waals surface area (Å²) in [5.74, 6) is 0.193. The Morgan fingerprint density at radius 1 is 1.08 bits per heavy atom. The molecule has 25 heavy (non-hydrogen) atoms. The van der Waals surface area contributed by atoms with Crippen molar-refractivity contribution in [2.24, 2.45) is 0 Å². The fourth-order valence-electron chi connectivity index (χ4n) is 2.11. The number of aromatic hydroxyl groups is 1. The Kier molecular flexibility index (Phi) is 6.39. The Morgan fingerprint density at radius 3 is 2.36 bits per heavy atom. The summed E-state index contributed by atoms with van der Waals surface area (Å²) in [5.41, 5.74) is 1.32. The van der Waals surface area contributed by atoms with Gasteiger partial charge in [-0.15, -0.1) is 0 Å². The lowest BCUT2D eigenvalue weighted by Gasteiger charge is -2.12. The van der Waals surface area contributed by atoms with Crippen LogP contribution in [0.1, 0.15) is 11.1 Å². The number of phenolic OH excluding ortho intramolecular Hbond substituents is 1. The second-order valence-electron chi connectivity index (χ2n) is 5.07. The molecule has 2 aromatic rings. The van der Waals surface area contributed by atoms with E-state index in [2.05, 4.69) is 15.4 Å². The number of ether oxygens (including phenoxy) is 2. The molecular weight excluding hydrogens is 334 g/mol. The van der Waals surface area contributed by atoms with Crippen molar-refractivity contribution >= 4 is 6.03 Å². The normalized spacial score (nSPS) is 10.4. The van der Waals surface area contributed by atoms with E-state index in [4.69, 9.17) is 4.74 Å². The van der Waals surface area contributed by atoms with Crippen LogP contribution < -0.4 is 20.1 Å². The van der Waals surface area contributed by atoms with E-state index in [1.807, 2.05) is 0 Å². The molecular formula is C17H18F2N2O4. The summed E-state index contributed by atoms with van der Waals surface area (Å²) in [7, 11) is 1.35. The first-order chi connectivity index (χ1) is 12.0. The van der Waals surface area contributed by atoms with Crippen molar-refractivity contribution in [3.8, 4) is 17.2 Å². The van der Waals surface area contributed by atoms with Gasteiger partial charge in [0, 0.05) is 13.1 Å². The molecule has 0 heterocycles. The summed E-state index contributed by atoms with van der Waals surface area (Å²) in [4.78, 5) is 11.8. The van der Waals surface area contributed by atoms with Crippen LogP contribution >= 0.6 is 0 Å². The van der Waals surface area contributed by atoms with Crippen molar-refractivity contribution < 1.29 is 28.2 Å². The zero-order valence-electron chi connectivity index (χ0n) is 13.5. The molecule has 0 unspecified atom stereocenters. The zero-order chi connectivity index (χ0) is 18.2. The van der Waals surface area contributed by atoms with Crippen LogP contribution in [0, 0.1) is 0 Å². The molecule has 0 saturated heterocycles. The molecule has 0 bridgehead atoms. The molecule has 3 N–H and O–H groups in total. The summed E-state index contributed by atoms with van der Waals surface area (Å²) < 4.78 is 34.1. The minimum atomic E-state index is -2.97. The molecule has 134 valence electrons. The lowest BCUT2D eigenvalue weighted by atomic mass is 10.2. The van der Waals surface area contributed by atoms with E-state index in [1.54, 1.807) is 18.2 Å². The molecule has 8 heteroatoms. The van der Waals surface area contributed by atoms with E-state index in [1.165, 1.54) is 31.4 Å². The Labute approximate surface area is 143 Å². The molecule has 0 spiro atoms. The number of amides is 2. The lowest BCUT2D eigenvalue weighted by Crippen LogP contribution is -2.34. The second-order valence-corrected chi connectivity index (χ2v) is 5.07. The molecule has 6 nitrogen and oxygen atoms in total. The van der Waals surface area contributed by atoms with Crippen LogP contribution in [0.4, 0.5) is 13.6 Å². The van der Waals surface area contributed by atoms with Crippen molar-refractivity contribution in [1.82, 2.24) is 10.6 Å². The van der Waals surface area contributed by atoms with Crippen molar-refractivity contribution in [2.75, 3.05) is 7.11 Å². The number of halogens is 2. The number of rotatable bonds is 7. The van der Waals surface area contributed by atoms with Crippen LogP contribution in [0.5, 0.6) is 17.2 Å². The highest BCUT2D eigenvalue weighted by Crippen LogP contribution is 2.29. The number of phenols is 1. The number of nitrogens with one attached hydrogen (secondary N) is 2. The van der Waals surface area contributed by atoms with Crippen LogP contribution in [0.3, 0.4) is 0 Å². The van der Waals surface area contributed by atoms with Gasteiger partial charge < -0.3 is 25.2 Å². The predicted molar refractivity (Wildman–Crippen MR) is 86.8 cm³/mol. The van der Waals surface area contributed by atoms with Crippen molar-refractivity contribution in [3.05, 3.63) is 53.6 Å². The van der Waals surface area contributed by atoms with Gasteiger partial charge in [0.1, 0.15) is 5.75 Å². The number of benzene rings is 2. The van der Waals surface area contributed by atoms with Crippen LogP contribution in [-0.2, 0) is 13.1 Å². The van der Waals surface area contributed by atoms with E-state index in [-0.39, 0.29) is 30.3 Å². The third-order valence-corrected chi connectivity index (χ3v) is 3.26. The number of urea groups is 1. The van der Waals surface area contributed by atoms with E-state index >= 15 is 0 Å². The van der Waals surface area contributed by atoms with Gasteiger partial charge in [0.25, 0.3) is 0 Å². The monoisotopic (exact) mass is 352 g/mol. The molecule has 0 aliphatic heterocycles. The summed E-state index contributed by atoms with van der Waals surface area (Å²) in [6.07, 6.45) is 0. The number of carbonyl (C=O) groups excluding carboxylic acids is 1. The highest BCUT2D eigenvalue weighted by molar-refractivity contribution is 5.73. The highest BCUT2D eigenvalue weighted by Gasteiger charge is 2.11. The Bertz CT molecular complexity index is 726. The van der Waals surface area contributed by atoms with Gasteiger partial charge in [0.15, 0.2) is 11.5 Å². The molecule has 0 aliphatic rings. The molecule has 2 amide bonds. The highest BCUT2D eigenvalue weighted by atomic mass is 19.3. The second kappa shape index (κ2) is 8.72. The standard InChI is InChI=1S/C17H18F2N2O4/c1-24-14-6-5-12(8-15(14)25-16(18)19)10-21-17(23)20-9-11-3-2-4-13(22)7-11/h2-8,16,22H,9-10H2,1H3,(H2,20,21,23). The summed E-state index contributed by atoms with van der Waals surface area (Å²) in [5, 5.41) is 14.6. The smallest absolute Gasteiger partial charge is 0.387 e. The number of carbonyl (C=O) groups is 1. The summed E-state index contributed by atoms with van der Waals surface area (Å²) in [6.45, 7) is -2.61. The average molecular weight is 352 g/mol. The number of hydrogen-bond acceptors (Lipinski definition) is 4. The van der Waals surface area contributed by atoms with Gasteiger partial charge in [-0.3, -0.25) is 0 Å². The fourth-order valence-corrected chi connectivity index (χ4v) is 2.11. The zero-order valence-corrected chi connectivity index (χ0v) is 13.5. The molecule has 0 aromatic heterocycles. The first-order valence-corrected chi connectivity index (χ1v) is 7.39. The van der Waals surface area contributed by atoms with E-state index in [0.717, 1.165) is 5.56 Å². The van der Waals surface area contributed by atoms with E-state index in [9.17, 15) is 18.7 Å². The fraction of sp³-hybridized carbons (Fsp3) is 0.235. The SMILES string of the molecule is COc1ccc(CNC(=O)NCc2cccc(O)c2)cc1OC(F)F. The number of alkyl halides is 2. The molecule has 0 radical (unpaired) electrons. The molecule has 0 fully saturated rings. The third kappa shape index (κ3) is 5.83. The van der Waals surface area contributed by atoms with Crippen LogP contribution in [-0.4, -0.2) is 24.9 Å². The van der Waals surface area contributed by atoms with Crippen LogP contribution in [0.2, 0.25) is 0 Å². The number of hydrogen-bond donors (Lipinski definition) is 3. The van der Waals surface area contributed by atoms with E-state index < -0.39 is 12.6 Å². The molecule has 0 saturated carbocycles. The summed E-state index contributed by atoms with van der Waals surface area (Å²) in [6, 6.07) is 10.6. The Balaban J connectivity index is 1.88. The van der Waals surface area contributed by atoms with Crippen molar-refractivity contribution in [3.63, 3.8) is 0 Å². The minimum Gasteiger partial charge on any atom is -0.508 e. The maximum absolute atomic E-state index is 12.4. The molecule has 2 aromatic carbocycles. The number of methoxy groups -OCH3 is 1. The first-order valence-electron chi connectivity index (χ1n) is 7.39. The molecule has 0 atom stereocenters. The average Bonchev–Trinajstić information content (AvgIpc) is 2.58. The quantitative estimate of drug-likeness (QED) is 0.716. The van der Waals surface area contributed by atoms with Crippen molar-refractivity contribution in [2.45, 2.75) is 19.7 Å². The van der Waals surface area contributed by atoms with Crippen LogP contribution in [0.15, 0.2) is 42.5 Å². The third-order valence-electron chi connectivity index (χ3n) is 3.26. The Morgan fingerprint density at radius 2 is 1.76 bits per heavy atom. The van der Waals surface area contributed by atoms with Crippen LogP contribution in [0.25, 0.3) is 0 Å². The predicted octanol–water partition coefficient (Wildman–Crippen LogP) is 3.00. The maximum Gasteiger partial charge on any atom is 0.387 e.